The third-order valence-electron chi connectivity index (χ3n) is 1.39. The van der Waals surface area contributed by atoms with E-state index in [4.69, 9.17) is 11.6 Å². The number of hydrogen-bond donors (Lipinski definition) is 1. The lowest BCUT2D eigenvalue weighted by Gasteiger charge is -1.94. The summed E-state index contributed by atoms with van der Waals surface area (Å²) in [6.07, 6.45) is 8.38. The second-order valence-electron chi connectivity index (χ2n) is 2.31. The van der Waals surface area contributed by atoms with Gasteiger partial charge in [0.25, 0.3) is 0 Å². The molecule has 3 heteroatoms. The Morgan fingerprint density at radius 2 is 2.42 bits per heavy atom. The number of rotatable bonds is 3. The Kier molecular flexibility index (Phi) is 4.19. The van der Waals surface area contributed by atoms with Crippen molar-refractivity contribution in [2.45, 2.75) is 6.42 Å². The molecule has 12 heavy (non-hydrogen) atoms. The third-order valence-corrected chi connectivity index (χ3v) is 1.99. The van der Waals surface area contributed by atoms with Crippen molar-refractivity contribution in [1.82, 2.24) is 4.98 Å². The molecule has 0 bridgehead atoms. The number of halogens is 1. The predicted octanol–water partition coefficient (Wildman–Crippen LogP) is 3.07. The van der Waals surface area contributed by atoms with E-state index in [0.717, 1.165) is 22.8 Å². The van der Waals surface area contributed by atoms with Crippen molar-refractivity contribution < 1.29 is 0 Å². The van der Waals surface area contributed by atoms with Crippen LogP contribution in [0.1, 0.15) is 12.0 Å². The molecule has 1 rings (SSSR count). The Balaban J connectivity index is 2.68. The summed E-state index contributed by atoms with van der Waals surface area (Å²) in [5, 5.41) is 0.736. The average Bonchev–Trinajstić information content (AvgIpc) is 2.09. The molecule has 0 saturated heterocycles. The summed E-state index contributed by atoms with van der Waals surface area (Å²) in [6, 6.07) is 1.78. The maximum Gasteiger partial charge on any atom is 0.0509 e. The Morgan fingerprint density at radius 1 is 1.58 bits per heavy atom. The van der Waals surface area contributed by atoms with Crippen LogP contribution in [-0.2, 0) is 0 Å². The minimum Gasteiger partial charge on any atom is -0.264 e. The largest absolute Gasteiger partial charge is 0.264 e. The fourth-order valence-electron chi connectivity index (χ4n) is 0.797. The van der Waals surface area contributed by atoms with Crippen LogP contribution in [0.4, 0.5) is 0 Å². The van der Waals surface area contributed by atoms with Gasteiger partial charge in [-0.1, -0.05) is 23.8 Å². The highest BCUT2D eigenvalue weighted by molar-refractivity contribution is 7.80. The van der Waals surface area contributed by atoms with Crippen LogP contribution >= 0.6 is 24.2 Å². The van der Waals surface area contributed by atoms with Gasteiger partial charge in [-0.3, -0.25) is 4.98 Å². The lowest BCUT2D eigenvalue weighted by molar-refractivity contribution is 1.26. The summed E-state index contributed by atoms with van der Waals surface area (Å²) in [7, 11) is 0. The van der Waals surface area contributed by atoms with Gasteiger partial charge in [0.05, 0.1) is 5.02 Å². The van der Waals surface area contributed by atoms with Gasteiger partial charge in [0.1, 0.15) is 0 Å². The molecule has 0 radical (unpaired) electrons. The SMILES string of the molecule is SCCC=Cc1cnccc1Cl. The molecule has 0 aliphatic rings. The first-order valence-electron chi connectivity index (χ1n) is 3.71. The minimum atomic E-state index is 0.736. The van der Waals surface area contributed by atoms with Crippen LogP contribution in [-0.4, -0.2) is 10.7 Å². The fraction of sp³-hybridized carbons (Fsp3) is 0.222. The predicted molar refractivity (Wildman–Crippen MR) is 56.8 cm³/mol. The second kappa shape index (κ2) is 5.22. The van der Waals surface area contributed by atoms with Gasteiger partial charge in [-0.25, -0.2) is 0 Å². The van der Waals surface area contributed by atoms with Gasteiger partial charge in [0, 0.05) is 18.0 Å². The van der Waals surface area contributed by atoms with E-state index in [-0.39, 0.29) is 0 Å². The van der Waals surface area contributed by atoms with Crippen LogP contribution in [0.15, 0.2) is 24.5 Å². The van der Waals surface area contributed by atoms with Crippen LogP contribution in [0.2, 0.25) is 5.02 Å². The third kappa shape index (κ3) is 2.88. The first kappa shape index (κ1) is 9.62. The maximum atomic E-state index is 5.89. The molecule has 0 aromatic carbocycles. The van der Waals surface area contributed by atoms with Crippen LogP contribution in [0.5, 0.6) is 0 Å². The lowest BCUT2D eigenvalue weighted by Crippen LogP contribution is -1.77. The molecular weight excluding hydrogens is 190 g/mol. The molecule has 0 atom stereocenters. The molecule has 1 aromatic heterocycles. The lowest BCUT2D eigenvalue weighted by atomic mass is 10.2. The molecule has 0 aliphatic carbocycles. The summed E-state index contributed by atoms with van der Waals surface area (Å²) < 4.78 is 0. The molecule has 1 nitrogen and oxygen atoms in total. The maximum absolute atomic E-state index is 5.89. The number of aromatic nitrogens is 1. The van der Waals surface area contributed by atoms with Gasteiger partial charge in [-0.15, -0.1) is 0 Å². The highest BCUT2D eigenvalue weighted by atomic mass is 35.5. The Morgan fingerprint density at radius 3 is 3.08 bits per heavy atom. The van der Waals surface area contributed by atoms with Crippen LogP contribution in [0.3, 0.4) is 0 Å². The van der Waals surface area contributed by atoms with E-state index in [1.807, 2.05) is 12.2 Å². The van der Waals surface area contributed by atoms with E-state index in [2.05, 4.69) is 17.6 Å². The van der Waals surface area contributed by atoms with Gasteiger partial charge >= 0.3 is 0 Å². The molecular formula is C9H10ClNS. The number of nitrogens with zero attached hydrogens (tertiary/aromatic N) is 1. The van der Waals surface area contributed by atoms with E-state index in [1.54, 1.807) is 18.5 Å². The van der Waals surface area contributed by atoms with Crippen LogP contribution in [0, 0.1) is 0 Å². The van der Waals surface area contributed by atoms with Gasteiger partial charge in [0.2, 0.25) is 0 Å². The normalized spacial score (nSPS) is 10.8. The molecule has 0 amide bonds. The van der Waals surface area contributed by atoms with E-state index in [9.17, 15) is 0 Å². The van der Waals surface area contributed by atoms with Gasteiger partial charge in [-0.05, 0) is 18.2 Å². The molecule has 0 fully saturated rings. The molecule has 0 saturated carbocycles. The van der Waals surface area contributed by atoms with Crippen molar-refractivity contribution in [2.24, 2.45) is 0 Å². The van der Waals surface area contributed by atoms with Crippen LogP contribution < -0.4 is 0 Å². The van der Waals surface area contributed by atoms with Gasteiger partial charge in [-0.2, -0.15) is 12.6 Å². The first-order valence-corrected chi connectivity index (χ1v) is 4.72. The molecule has 0 spiro atoms. The summed E-state index contributed by atoms with van der Waals surface area (Å²) in [5.74, 6) is 0.856. The summed E-state index contributed by atoms with van der Waals surface area (Å²) in [5.41, 5.74) is 0.959. The van der Waals surface area contributed by atoms with Gasteiger partial charge in [0.15, 0.2) is 0 Å². The summed E-state index contributed by atoms with van der Waals surface area (Å²) in [6.45, 7) is 0. The van der Waals surface area contributed by atoms with E-state index in [0.29, 0.717) is 0 Å². The second-order valence-corrected chi connectivity index (χ2v) is 3.17. The highest BCUT2D eigenvalue weighted by Crippen LogP contribution is 2.14. The Labute approximate surface area is 82.9 Å². The Hall–Kier alpha value is -0.470. The van der Waals surface area contributed by atoms with Crippen LogP contribution in [0.25, 0.3) is 6.08 Å². The van der Waals surface area contributed by atoms with E-state index < -0.39 is 0 Å². The fourth-order valence-corrected chi connectivity index (χ4v) is 1.11. The summed E-state index contributed by atoms with van der Waals surface area (Å²) in [4.78, 5) is 3.97. The number of allylic oxidation sites excluding steroid dienone is 1. The topological polar surface area (TPSA) is 12.9 Å². The zero-order chi connectivity index (χ0) is 8.81. The van der Waals surface area contributed by atoms with Crippen molar-refractivity contribution in [3.05, 3.63) is 35.1 Å². The van der Waals surface area contributed by atoms with Gasteiger partial charge < -0.3 is 0 Å². The number of pyridine rings is 1. The average molecular weight is 200 g/mol. The first-order chi connectivity index (χ1) is 5.84. The molecule has 0 aliphatic heterocycles. The standard InChI is InChI=1S/C9H10ClNS/c10-9-4-5-11-7-8(9)3-1-2-6-12/h1,3-5,7,12H,2,6H2. The Bertz CT molecular complexity index is 273. The number of hydrogen-bond acceptors (Lipinski definition) is 2. The van der Waals surface area contributed by atoms with Crippen molar-refractivity contribution >= 4 is 30.3 Å². The zero-order valence-electron chi connectivity index (χ0n) is 6.57. The van der Waals surface area contributed by atoms with Crippen molar-refractivity contribution in [3.63, 3.8) is 0 Å². The minimum absolute atomic E-state index is 0.736. The monoisotopic (exact) mass is 199 g/mol. The molecule has 64 valence electrons. The zero-order valence-corrected chi connectivity index (χ0v) is 8.22. The van der Waals surface area contributed by atoms with Crippen molar-refractivity contribution in [2.75, 3.05) is 5.75 Å². The van der Waals surface area contributed by atoms with Crippen molar-refractivity contribution in [1.29, 1.82) is 0 Å². The molecule has 0 N–H and O–H groups in total. The molecule has 0 unspecified atom stereocenters. The quantitative estimate of drug-likeness (QED) is 0.739. The van der Waals surface area contributed by atoms with E-state index in [1.165, 1.54) is 0 Å². The molecule has 1 heterocycles. The summed E-state index contributed by atoms with van der Waals surface area (Å²) >= 11 is 9.99. The highest BCUT2D eigenvalue weighted by Gasteiger charge is 1.92. The smallest absolute Gasteiger partial charge is 0.0509 e. The number of thiol groups is 1. The van der Waals surface area contributed by atoms with Crippen molar-refractivity contribution in [3.8, 4) is 0 Å². The van der Waals surface area contributed by atoms with E-state index >= 15 is 0 Å². The molecule has 1 aromatic rings.